The van der Waals surface area contributed by atoms with Gasteiger partial charge in [-0.15, -0.1) is 0 Å². The maximum absolute atomic E-state index is 11.7. The van der Waals surface area contributed by atoms with Crippen molar-refractivity contribution >= 4 is 34.4 Å². The second-order valence-corrected chi connectivity index (χ2v) is 5.48. The Labute approximate surface area is 134 Å². The Morgan fingerprint density at radius 3 is 2.91 bits per heavy atom. The van der Waals surface area contributed by atoms with Gasteiger partial charge in [-0.2, -0.15) is 0 Å². The van der Waals surface area contributed by atoms with Crippen molar-refractivity contribution in [3.05, 3.63) is 24.3 Å². The Bertz CT molecular complexity index is 636. The van der Waals surface area contributed by atoms with Crippen LogP contribution in [-0.2, 0) is 9.53 Å². The van der Waals surface area contributed by atoms with Gasteiger partial charge in [0, 0.05) is 25.6 Å². The normalized spacial score (nSPS) is 10.6. The van der Waals surface area contributed by atoms with Gasteiger partial charge in [0.05, 0.1) is 17.9 Å². The lowest BCUT2D eigenvalue weighted by Gasteiger charge is -2.09. The number of nitrogens with zero attached hydrogens (tertiary/aromatic N) is 2. The van der Waals surface area contributed by atoms with Crippen molar-refractivity contribution in [3.8, 4) is 0 Å². The van der Waals surface area contributed by atoms with Crippen LogP contribution in [0.4, 0.5) is 5.82 Å². The third kappa shape index (κ3) is 4.57. The first-order valence-corrected chi connectivity index (χ1v) is 8.12. The Balaban J connectivity index is 2.06. The van der Waals surface area contributed by atoms with Crippen LogP contribution in [-0.4, -0.2) is 48.4 Å². The molecule has 1 aromatic heterocycles. The van der Waals surface area contributed by atoms with Crippen molar-refractivity contribution in [2.75, 3.05) is 37.9 Å². The number of hydrogen-bond acceptors (Lipinski definition) is 6. The molecule has 1 aromatic carbocycles. The van der Waals surface area contributed by atoms with Crippen LogP contribution in [0.15, 0.2) is 29.4 Å². The standard InChI is InChI=1S/C15H20N4O2S/c1-3-16-14-11-6-4-5-7-12(11)18-15(19-14)22-10-13(20)17-8-9-21-2/h4-7H,3,8-10H2,1-2H3,(H,17,20)(H,16,18,19). The van der Waals surface area contributed by atoms with E-state index in [1.807, 2.05) is 31.2 Å². The fraction of sp³-hybridized carbons (Fsp3) is 0.400. The van der Waals surface area contributed by atoms with Gasteiger partial charge in [-0.25, -0.2) is 9.97 Å². The number of benzene rings is 1. The van der Waals surface area contributed by atoms with E-state index in [-0.39, 0.29) is 11.7 Å². The average Bonchev–Trinajstić information content (AvgIpc) is 2.53. The van der Waals surface area contributed by atoms with E-state index in [4.69, 9.17) is 4.74 Å². The molecule has 0 bridgehead atoms. The topological polar surface area (TPSA) is 76.1 Å². The van der Waals surface area contributed by atoms with E-state index < -0.39 is 0 Å². The SMILES string of the molecule is CCNc1nc(SCC(=O)NCCOC)nc2ccccc12. The Hall–Kier alpha value is -1.86. The summed E-state index contributed by atoms with van der Waals surface area (Å²) in [4.78, 5) is 20.7. The molecular weight excluding hydrogens is 300 g/mol. The van der Waals surface area contributed by atoms with E-state index in [2.05, 4.69) is 20.6 Å². The Morgan fingerprint density at radius 1 is 1.32 bits per heavy atom. The summed E-state index contributed by atoms with van der Waals surface area (Å²) in [6, 6.07) is 7.83. The number of fused-ring (bicyclic) bond motifs is 1. The van der Waals surface area contributed by atoms with Crippen molar-refractivity contribution < 1.29 is 9.53 Å². The van der Waals surface area contributed by atoms with Crippen molar-refractivity contribution in [2.45, 2.75) is 12.1 Å². The van der Waals surface area contributed by atoms with Crippen molar-refractivity contribution in [2.24, 2.45) is 0 Å². The molecule has 0 saturated carbocycles. The maximum Gasteiger partial charge on any atom is 0.230 e. The minimum Gasteiger partial charge on any atom is -0.383 e. The van der Waals surface area contributed by atoms with Crippen LogP contribution < -0.4 is 10.6 Å². The molecule has 118 valence electrons. The van der Waals surface area contributed by atoms with Gasteiger partial charge in [0.2, 0.25) is 5.91 Å². The summed E-state index contributed by atoms with van der Waals surface area (Å²) >= 11 is 1.33. The summed E-state index contributed by atoms with van der Waals surface area (Å²) in [6.07, 6.45) is 0. The van der Waals surface area contributed by atoms with Crippen LogP contribution in [0.3, 0.4) is 0 Å². The fourth-order valence-corrected chi connectivity index (χ4v) is 2.58. The molecule has 0 aliphatic carbocycles. The summed E-state index contributed by atoms with van der Waals surface area (Å²) in [7, 11) is 1.60. The number of anilines is 1. The lowest BCUT2D eigenvalue weighted by molar-refractivity contribution is -0.118. The number of para-hydroxylation sites is 1. The predicted molar refractivity (Wildman–Crippen MR) is 89.3 cm³/mol. The molecule has 2 N–H and O–H groups in total. The third-order valence-corrected chi connectivity index (χ3v) is 3.73. The van der Waals surface area contributed by atoms with Gasteiger partial charge in [0.25, 0.3) is 0 Å². The van der Waals surface area contributed by atoms with Crippen molar-refractivity contribution in [1.29, 1.82) is 0 Å². The van der Waals surface area contributed by atoms with E-state index in [9.17, 15) is 4.79 Å². The van der Waals surface area contributed by atoms with Crippen LogP contribution in [0.25, 0.3) is 10.9 Å². The van der Waals surface area contributed by atoms with Gasteiger partial charge >= 0.3 is 0 Å². The minimum absolute atomic E-state index is 0.0520. The van der Waals surface area contributed by atoms with Gasteiger partial charge in [-0.05, 0) is 19.1 Å². The zero-order valence-corrected chi connectivity index (χ0v) is 13.6. The summed E-state index contributed by atoms with van der Waals surface area (Å²) in [6.45, 7) is 3.82. The van der Waals surface area contributed by atoms with Crippen molar-refractivity contribution in [3.63, 3.8) is 0 Å². The zero-order chi connectivity index (χ0) is 15.8. The molecule has 0 atom stereocenters. The third-order valence-electron chi connectivity index (χ3n) is 2.89. The van der Waals surface area contributed by atoms with E-state index in [1.165, 1.54) is 11.8 Å². The predicted octanol–water partition coefficient (Wildman–Crippen LogP) is 1.92. The number of rotatable bonds is 8. The second-order valence-electron chi connectivity index (χ2n) is 4.53. The van der Waals surface area contributed by atoms with Crippen LogP contribution in [0.2, 0.25) is 0 Å². The molecule has 0 saturated heterocycles. The fourth-order valence-electron chi connectivity index (χ4n) is 1.90. The van der Waals surface area contributed by atoms with Gasteiger partial charge < -0.3 is 15.4 Å². The molecule has 22 heavy (non-hydrogen) atoms. The van der Waals surface area contributed by atoms with Gasteiger partial charge in [-0.3, -0.25) is 4.79 Å². The van der Waals surface area contributed by atoms with Gasteiger partial charge in [0.1, 0.15) is 5.82 Å². The molecule has 0 fully saturated rings. The highest BCUT2D eigenvalue weighted by atomic mass is 32.2. The summed E-state index contributed by atoms with van der Waals surface area (Å²) in [5.74, 6) is 1.03. The number of carbonyl (C=O) groups excluding carboxylic acids is 1. The monoisotopic (exact) mass is 320 g/mol. The van der Waals surface area contributed by atoms with E-state index in [0.29, 0.717) is 18.3 Å². The van der Waals surface area contributed by atoms with Gasteiger partial charge in [0.15, 0.2) is 5.16 Å². The molecule has 0 spiro atoms. The first-order chi connectivity index (χ1) is 10.7. The second kappa shape index (κ2) is 8.55. The molecule has 0 radical (unpaired) electrons. The van der Waals surface area contributed by atoms with Crippen LogP contribution in [0.1, 0.15) is 6.92 Å². The van der Waals surface area contributed by atoms with Crippen molar-refractivity contribution in [1.82, 2.24) is 15.3 Å². The quantitative estimate of drug-likeness (QED) is 0.440. The molecule has 7 heteroatoms. The van der Waals surface area contributed by atoms with Crippen LogP contribution in [0, 0.1) is 0 Å². The maximum atomic E-state index is 11.7. The van der Waals surface area contributed by atoms with Crippen LogP contribution >= 0.6 is 11.8 Å². The summed E-state index contributed by atoms with van der Waals surface area (Å²) in [5.41, 5.74) is 0.871. The summed E-state index contributed by atoms with van der Waals surface area (Å²) < 4.78 is 4.89. The Kier molecular flexibility index (Phi) is 6.42. The number of carbonyl (C=O) groups is 1. The first-order valence-electron chi connectivity index (χ1n) is 7.13. The zero-order valence-electron chi connectivity index (χ0n) is 12.8. The molecule has 2 aromatic rings. The number of nitrogens with one attached hydrogen (secondary N) is 2. The lowest BCUT2D eigenvalue weighted by Crippen LogP contribution is -2.28. The highest BCUT2D eigenvalue weighted by molar-refractivity contribution is 7.99. The molecule has 0 aliphatic heterocycles. The summed E-state index contributed by atoms with van der Waals surface area (Å²) in [5, 5.41) is 7.59. The average molecular weight is 320 g/mol. The number of hydrogen-bond donors (Lipinski definition) is 2. The lowest BCUT2D eigenvalue weighted by atomic mass is 10.2. The first kappa shape index (κ1) is 16.5. The molecule has 0 unspecified atom stereocenters. The smallest absolute Gasteiger partial charge is 0.230 e. The molecular formula is C15H20N4O2S. The molecule has 1 amide bonds. The number of ether oxygens (including phenoxy) is 1. The van der Waals surface area contributed by atoms with E-state index in [0.717, 1.165) is 23.3 Å². The molecule has 0 aliphatic rings. The number of methoxy groups -OCH3 is 1. The molecule has 2 rings (SSSR count). The number of amides is 1. The largest absolute Gasteiger partial charge is 0.383 e. The van der Waals surface area contributed by atoms with Gasteiger partial charge in [-0.1, -0.05) is 23.9 Å². The van der Waals surface area contributed by atoms with Crippen LogP contribution in [0.5, 0.6) is 0 Å². The highest BCUT2D eigenvalue weighted by Crippen LogP contribution is 2.24. The van der Waals surface area contributed by atoms with E-state index in [1.54, 1.807) is 7.11 Å². The number of aromatic nitrogens is 2. The number of thioether (sulfide) groups is 1. The highest BCUT2D eigenvalue weighted by Gasteiger charge is 2.09. The Morgan fingerprint density at radius 2 is 2.14 bits per heavy atom. The van der Waals surface area contributed by atoms with E-state index >= 15 is 0 Å². The minimum atomic E-state index is -0.0520. The molecule has 6 nitrogen and oxygen atoms in total. The molecule has 1 heterocycles.